The second kappa shape index (κ2) is 3.68. The Balaban J connectivity index is 2.52. The first-order valence-electron chi connectivity index (χ1n) is 4.81. The molecule has 0 amide bonds. The SMILES string of the molecule is COc1cc(Br)c(C2(N)CC2)c(OC)c1. The number of hydrogen-bond donors (Lipinski definition) is 1. The summed E-state index contributed by atoms with van der Waals surface area (Å²) in [5, 5.41) is 0. The molecule has 0 radical (unpaired) electrons. The van der Waals surface area contributed by atoms with Crippen molar-refractivity contribution in [2.45, 2.75) is 18.4 Å². The van der Waals surface area contributed by atoms with E-state index in [9.17, 15) is 0 Å². The number of nitrogens with two attached hydrogens (primary N) is 1. The van der Waals surface area contributed by atoms with E-state index < -0.39 is 0 Å². The molecule has 2 N–H and O–H groups in total. The second-order valence-electron chi connectivity index (χ2n) is 3.84. The molecule has 0 saturated heterocycles. The molecule has 0 heterocycles. The fraction of sp³-hybridized carbons (Fsp3) is 0.455. The van der Waals surface area contributed by atoms with Gasteiger partial charge in [0.15, 0.2) is 0 Å². The summed E-state index contributed by atoms with van der Waals surface area (Å²) in [7, 11) is 3.28. The van der Waals surface area contributed by atoms with E-state index in [0.29, 0.717) is 0 Å². The highest BCUT2D eigenvalue weighted by Crippen LogP contribution is 2.50. The average Bonchev–Trinajstić information content (AvgIpc) is 2.95. The Kier molecular flexibility index (Phi) is 2.64. The zero-order valence-electron chi connectivity index (χ0n) is 8.84. The van der Waals surface area contributed by atoms with Gasteiger partial charge in [0.1, 0.15) is 11.5 Å². The monoisotopic (exact) mass is 271 g/mol. The van der Waals surface area contributed by atoms with Gasteiger partial charge in [0.2, 0.25) is 0 Å². The first-order chi connectivity index (χ1) is 7.10. The predicted molar refractivity (Wildman–Crippen MR) is 62.3 cm³/mol. The van der Waals surface area contributed by atoms with Gasteiger partial charge in [-0.15, -0.1) is 0 Å². The second-order valence-corrected chi connectivity index (χ2v) is 4.70. The number of benzene rings is 1. The number of rotatable bonds is 3. The fourth-order valence-corrected chi connectivity index (χ4v) is 2.52. The van der Waals surface area contributed by atoms with Gasteiger partial charge in [-0.25, -0.2) is 0 Å². The molecule has 4 heteroatoms. The maximum Gasteiger partial charge on any atom is 0.128 e. The maximum atomic E-state index is 6.19. The van der Waals surface area contributed by atoms with Gasteiger partial charge in [0.05, 0.1) is 14.2 Å². The number of methoxy groups -OCH3 is 2. The van der Waals surface area contributed by atoms with Crippen molar-refractivity contribution in [3.8, 4) is 11.5 Å². The van der Waals surface area contributed by atoms with Crippen LogP contribution in [0.2, 0.25) is 0 Å². The molecule has 1 aliphatic carbocycles. The summed E-state index contributed by atoms with van der Waals surface area (Å²) in [5.74, 6) is 1.56. The molecule has 1 aromatic rings. The Morgan fingerprint density at radius 3 is 2.40 bits per heavy atom. The van der Waals surface area contributed by atoms with E-state index in [4.69, 9.17) is 15.2 Å². The molecular formula is C11H14BrNO2. The molecule has 1 saturated carbocycles. The molecule has 0 spiro atoms. The van der Waals surface area contributed by atoms with Crippen LogP contribution < -0.4 is 15.2 Å². The van der Waals surface area contributed by atoms with Crippen molar-refractivity contribution in [3.05, 3.63) is 22.2 Å². The van der Waals surface area contributed by atoms with Crippen molar-refractivity contribution in [2.75, 3.05) is 14.2 Å². The van der Waals surface area contributed by atoms with Crippen molar-refractivity contribution < 1.29 is 9.47 Å². The third-order valence-corrected chi connectivity index (χ3v) is 3.40. The number of hydrogen-bond acceptors (Lipinski definition) is 3. The van der Waals surface area contributed by atoms with Crippen molar-refractivity contribution in [3.63, 3.8) is 0 Å². The summed E-state index contributed by atoms with van der Waals surface area (Å²) in [4.78, 5) is 0. The van der Waals surface area contributed by atoms with Crippen LogP contribution in [-0.4, -0.2) is 14.2 Å². The van der Waals surface area contributed by atoms with Crippen molar-refractivity contribution in [2.24, 2.45) is 5.73 Å². The standard InChI is InChI=1S/C11H14BrNO2/c1-14-7-5-8(12)10(9(6-7)15-2)11(13)3-4-11/h5-6H,3-4,13H2,1-2H3. The maximum absolute atomic E-state index is 6.19. The molecule has 2 rings (SSSR count). The molecule has 1 fully saturated rings. The Labute approximate surface area is 97.7 Å². The lowest BCUT2D eigenvalue weighted by Gasteiger charge is -2.17. The van der Waals surface area contributed by atoms with Gasteiger partial charge in [-0.2, -0.15) is 0 Å². The molecule has 0 bridgehead atoms. The minimum atomic E-state index is -0.212. The smallest absolute Gasteiger partial charge is 0.128 e. The summed E-state index contributed by atoms with van der Waals surface area (Å²) < 4.78 is 11.5. The summed E-state index contributed by atoms with van der Waals surface area (Å²) in [6, 6.07) is 3.79. The lowest BCUT2D eigenvalue weighted by molar-refractivity contribution is 0.387. The van der Waals surface area contributed by atoms with Crippen LogP contribution in [0.5, 0.6) is 11.5 Å². The third-order valence-electron chi connectivity index (χ3n) is 2.77. The molecule has 1 aliphatic rings. The zero-order valence-corrected chi connectivity index (χ0v) is 10.4. The summed E-state index contributed by atoms with van der Waals surface area (Å²) in [6.45, 7) is 0. The van der Waals surface area contributed by atoms with Gasteiger partial charge in [-0.05, 0) is 18.9 Å². The van der Waals surface area contributed by atoms with E-state index in [1.54, 1.807) is 14.2 Å². The van der Waals surface area contributed by atoms with Crippen molar-refractivity contribution in [1.29, 1.82) is 0 Å². The van der Waals surface area contributed by atoms with Crippen LogP contribution in [0.1, 0.15) is 18.4 Å². The lowest BCUT2D eigenvalue weighted by atomic mass is 10.0. The zero-order chi connectivity index (χ0) is 11.1. The largest absolute Gasteiger partial charge is 0.497 e. The predicted octanol–water partition coefficient (Wildman–Crippen LogP) is 2.41. The highest BCUT2D eigenvalue weighted by Gasteiger charge is 2.43. The van der Waals surface area contributed by atoms with Crippen LogP contribution in [0.4, 0.5) is 0 Å². The topological polar surface area (TPSA) is 44.5 Å². The van der Waals surface area contributed by atoms with Crippen LogP contribution in [0, 0.1) is 0 Å². The van der Waals surface area contributed by atoms with Gasteiger partial charge >= 0.3 is 0 Å². The Morgan fingerprint density at radius 1 is 1.27 bits per heavy atom. The minimum absolute atomic E-state index is 0.212. The van der Waals surface area contributed by atoms with E-state index in [0.717, 1.165) is 34.4 Å². The van der Waals surface area contributed by atoms with E-state index in [1.165, 1.54) is 0 Å². The molecule has 0 aliphatic heterocycles. The number of ether oxygens (including phenoxy) is 2. The van der Waals surface area contributed by atoms with Crippen LogP contribution in [-0.2, 0) is 5.54 Å². The normalized spacial score (nSPS) is 17.3. The summed E-state index contributed by atoms with van der Waals surface area (Å²) in [6.07, 6.45) is 2.02. The van der Waals surface area contributed by atoms with E-state index in [1.807, 2.05) is 12.1 Å². The van der Waals surface area contributed by atoms with Crippen LogP contribution in [0.25, 0.3) is 0 Å². The fourth-order valence-electron chi connectivity index (χ4n) is 1.70. The van der Waals surface area contributed by atoms with E-state index in [2.05, 4.69) is 15.9 Å². The summed E-state index contributed by atoms with van der Waals surface area (Å²) in [5.41, 5.74) is 7.02. The van der Waals surface area contributed by atoms with Crippen molar-refractivity contribution >= 4 is 15.9 Å². The molecule has 15 heavy (non-hydrogen) atoms. The molecule has 3 nitrogen and oxygen atoms in total. The van der Waals surface area contributed by atoms with Gasteiger partial charge in [-0.3, -0.25) is 0 Å². The Bertz CT molecular complexity index is 388. The number of halogens is 1. The molecule has 82 valence electrons. The summed E-state index contributed by atoms with van der Waals surface area (Å²) >= 11 is 3.52. The third kappa shape index (κ3) is 1.84. The average molecular weight is 272 g/mol. The quantitative estimate of drug-likeness (QED) is 0.919. The van der Waals surface area contributed by atoms with Gasteiger partial charge < -0.3 is 15.2 Å². The van der Waals surface area contributed by atoms with Crippen LogP contribution in [0.3, 0.4) is 0 Å². The first-order valence-corrected chi connectivity index (χ1v) is 5.61. The highest BCUT2D eigenvalue weighted by atomic mass is 79.9. The molecule has 0 atom stereocenters. The Morgan fingerprint density at radius 2 is 1.93 bits per heavy atom. The van der Waals surface area contributed by atoms with Crippen LogP contribution >= 0.6 is 15.9 Å². The highest BCUT2D eigenvalue weighted by molar-refractivity contribution is 9.10. The van der Waals surface area contributed by atoms with Crippen molar-refractivity contribution in [1.82, 2.24) is 0 Å². The molecule has 1 aromatic carbocycles. The molecule has 0 aromatic heterocycles. The molecular weight excluding hydrogens is 258 g/mol. The van der Waals surface area contributed by atoms with Crippen LogP contribution in [0.15, 0.2) is 16.6 Å². The van der Waals surface area contributed by atoms with Gasteiger partial charge in [0.25, 0.3) is 0 Å². The minimum Gasteiger partial charge on any atom is -0.497 e. The van der Waals surface area contributed by atoms with E-state index in [-0.39, 0.29) is 5.54 Å². The lowest BCUT2D eigenvalue weighted by Crippen LogP contribution is -2.20. The Hall–Kier alpha value is -0.740. The molecule has 0 unspecified atom stereocenters. The van der Waals surface area contributed by atoms with E-state index >= 15 is 0 Å². The first kappa shape index (κ1) is 10.8. The van der Waals surface area contributed by atoms with Gasteiger partial charge in [-0.1, -0.05) is 15.9 Å². The van der Waals surface area contributed by atoms with Gasteiger partial charge in [0, 0.05) is 21.6 Å².